The zero-order chi connectivity index (χ0) is 21.3. The van der Waals surface area contributed by atoms with Crippen molar-refractivity contribution in [2.45, 2.75) is 25.5 Å². The maximum atomic E-state index is 13.0. The van der Waals surface area contributed by atoms with Gasteiger partial charge in [-0.3, -0.25) is 14.2 Å². The van der Waals surface area contributed by atoms with Crippen molar-refractivity contribution in [2.24, 2.45) is 0 Å². The molecule has 0 atom stereocenters. The number of nitrogens with zero attached hydrogens (tertiary/aromatic N) is 2. The van der Waals surface area contributed by atoms with Gasteiger partial charge in [0.1, 0.15) is 18.0 Å². The molecule has 1 aliphatic rings. The standard InChI is InChI=1S/C21H21N3O4S2/c1-4-7-24-20(26)18-12(2)13(3)30-19(18)23-21(24)29-11-17(25)22-14-5-6-15-16(10-14)28-9-8-27-15/h4-6,10H,1,7-9,11H2,2-3H3,(H,22,25). The second-order valence-electron chi connectivity index (χ2n) is 6.76. The van der Waals surface area contributed by atoms with Gasteiger partial charge in [0.25, 0.3) is 5.56 Å². The van der Waals surface area contributed by atoms with E-state index in [1.165, 1.54) is 23.1 Å². The van der Waals surface area contributed by atoms with Gasteiger partial charge >= 0.3 is 0 Å². The molecule has 0 saturated heterocycles. The minimum atomic E-state index is -0.199. The largest absolute Gasteiger partial charge is 0.486 e. The highest BCUT2D eigenvalue weighted by Crippen LogP contribution is 2.33. The normalized spacial score (nSPS) is 12.7. The van der Waals surface area contributed by atoms with Crippen molar-refractivity contribution in [2.75, 3.05) is 24.3 Å². The SMILES string of the molecule is C=CCn1c(SCC(=O)Nc2ccc3c(c2)OCCO3)nc2sc(C)c(C)c2c1=O. The first-order chi connectivity index (χ1) is 14.5. The van der Waals surface area contributed by atoms with E-state index in [1.54, 1.807) is 28.8 Å². The third-order valence-electron chi connectivity index (χ3n) is 4.72. The molecule has 0 spiro atoms. The number of amides is 1. The quantitative estimate of drug-likeness (QED) is 0.355. The number of hydrogen-bond acceptors (Lipinski definition) is 7. The van der Waals surface area contributed by atoms with Crippen molar-refractivity contribution in [3.63, 3.8) is 0 Å². The van der Waals surface area contributed by atoms with E-state index in [0.29, 0.717) is 52.3 Å². The van der Waals surface area contributed by atoms with Gasteiger partial charge in [0.2, 0.25) is 5.91 Å². The number of carbonyl (C=O) groups excluding carboxylic acids is 1. The monoisotopic (exact) mass is 443 g/mol. The smallest absolute Gasteiger partial charge is 0.263 e. The molecular weight excluding hydrogens is 422 g/mol. The Hall–Kier alpha value is -2.78. The van der Waals surface area contributed by atoms with Crippen molar-refractivity contribution in [3.8, 4) is 11.5 Å². The van der Waals surface area contributed by atoms with Crippen molar-refractivity contribution in [1.29, 1.82) is 0 Å². The number of nitrogens with one attached hydrogen (secondary N) is 1. The second-order valence-corrected chi connectivity index (χ2v) is 8.90. The molecule has 0 unspecified atom stereocenters. The Morgan fingerprint density at radius 1 is 1.33 bits per heavy atom. The molecule has 1 amide bonds. The Kier molecular flexibility index (Phi) is 5.83. The van der Waals surface area contributed by atoms with Crippen LogP contribution in [-0.4, -0.2) is 34.4 Å². The number of rotatable bonds is 6. The van der Waals surface area contributed by atoms with Gasteiger partial charge in [-0.25, -0.2) is 4.98 Å². The van der Waals surface area contributed by atoms with Crippen LogP contribution in [0.4, 0.5) is 5.69 Å². The fourth-order valence-corrected chi connectivity index (χ4v) is 5.04. The molecule has 9 heteroatoms. The van der Waals surface area contributed by atoms with Crippen LogP contribution in [0.5, 0.6) is 11.5 Å². The number of carbonyl (C=O) groups is 1. The van der Waals surface area contributed by atoms with Gasteiger partial charge in [0.15, 0.2) is 16.7 Å². The Labute approximate surface area is 181 Å². The number of aromatic nitrogens is 2. The average Bonchev–Trinajstić information content (AvgIpc) is 3.02. The minimum absolute atomic E-state index is 0.100. The lowest BCUT2D eigenvalue weighted by Gasteiger charge is -2.19. The molecule has 4 rings (SSSR count). The lowest BCUT2D eigenvalue weighted by atomic mass is 10.2. The molecule has 0 radical (unpaired) electrons. The van der Waals surface area contributed by atoms with E-state index in [9.17, 15) is 9.59 Å². The van der Waals surface area contributed by atoms with Gasteiger partial charge in [0.05, 0.1) is 11.1 Å². The maximum Gasteiger partial charge on any atom is 0.263 e. The molecule has 1 aromatic carbocycles. The summed E-state index contributed by atoms with van der Waals surface area (Å²) in [6.45, 7) is 8.98. The van der Waals surface area contributed by atoms with Crippen molar-refractivity contribution >= 4 is 44.9 Å². The first kappa shape index (κ1) is 20.5. The maximum absolute atomic E-state index is 13.0. The zero-order valence-electron chi connectivity index (χ0n) is 16.7. The van der Waals surface area contributed by atoms with E-state index in [2.05, 4.69) is 16.9 Å². The third-order valence-corrected chi connectivity index (χ3v) is 6.80. The number of benzene rings is 1. The molecule has 1 aliphatic heterocycles. The van der Waals surface area contributed by atoms with E-state index in [1.807, 2.05) is 13.8 Å². The van der Waals surface area contributed by atoms with E-state index in [4.69, 9.17) is 9.47 Å². The molecule has 7 nitrogen and oxygen atoms in total. The van der Waals surface area contributed by atoms with Gasteiger partial charge in [0, 0.05) is 23.2 Å². The van der Waals surface area contributed by atoms with Crippen LogP contribution >= 0.6 is 23.1 Å². The Bertz CT molecular complexity index is 1200. The first-order valence-electron chi connectivity index (χ1n) is 9.41. The topological polar surface area (TPSA) is 82.5 Å². The highest BCUT2D eigenvalue weighted by Gasteiger charge is 2.18. The van der Waals surface area contributed by atoms with Gasteiger partial charge in [-0.15, -0.1) is 17.9 Å². The van der Waals surface area contributed by atoms with Crippen LogP contribution in [-0.2, 0) is 11.3 Å². The summed E-state index contributed by atoms with van der Waals surface area (Å²) in [4.78, 5) is 31.9. The van der Waals surface area contributed by atoms with Crippen LogP contribution in [0.15, 0.2) is 40.8 Å². The van der Waals surface area contributed by atoms with Crippen LogP contribution < -0.4 is 20.3 Å². The van der Waals surface area contributed by atoms with Gasteiger partial charge in [-0.05, 0) is 31.5 Å². The summed E-state index contributed by atoms with van der Waals surface area (Å²) in [6, 6.07) is 5.29. The van der Waals surface area contributed by atoms with Gasteiger partial charge in [-0.1, -0.05) is 17.8 Å². The van der Waals surface area contributed by atoms with E-state index in [0.717, 1.165) is 10.4 Å². The number of thiophene rings is 1. The Morgan fingerprint density at radius 2 is 2.10 bits per heavy atom. The molecule has 0 bridgehead atoms. The first-order valence-corrected chi connectivity index (χ1v) is 11.2. The number of ether oxygens (including phenoxy) is 2. The lowest BCUT2D eigenvalue weighted by Crippen LogP contribution is -2.23. The Morgan fingerprint density at radius 3 is 2.87 bits per heavy atom. The summed E-state index contributed by atoms with van der Waals surface area (Å²) in [5, 5.41) is 4.00. The predicted molar refractivity (Wildman–Crippen MR) is 120 cm³/mol. The number of thioether (sulfide) groups is 1. The average molecular weight is 444 g/mol. The van der Waals surface area contributed by atoms with Gasteiger partial charge in [-0.2, -0.15) is 0 Å². The summed E-state index contributed by atoms with van der Waals surface area (Å²) in [6.07, 6.45) is 1.66. The second kappa shape index (κ2) is 8.53. The summed E-state index contributed by atoms with van der Waals surface area (Å²) in [5.41, 5.74) is 1.48. The lowest BCUT2D eigenvalue weighted by molar-refractivity contribution is -0.113. The Balaban J connectivity index is 1.52. The third kappa shape index (κ3) is 3.95. The number of fused-ring (bicyclic) bond motifs is 2. The summed E-state index contributed by atoms with van der Waals surface area (Å²) < 4.78 is 12.6. The fraction of sp³-hybridized carbons (Fsp3) is 0.286. The minimum Gasteiger partial charge on any atom is -0.486 e. The van der Waals surface area contributed by atoms with Crippen molar-refractivity contribution < 1.29 is 14.3 Å². The summed E-state index contributed by atoms with van der Waals surface area (Å²) in [7, 11) is 0. The van der Waals surface area contributed by atoms with E-state index in [-0.39, 0.29) is 17.2 Å². The molecule has 156 valence electrons. The summed E-state index contributed by atoms with van der Waals surface area (Å²) in [5.74, 6) is 1.20. The molecule has 0 saturated carbocycles. The van der Waals surface area contributed by atoms with Gasteiger partial charge < -0.3 is 14.8 Å². The molecule has 3 heterocycles. The van der Waals surface area contributed by atoms with E-state index >= 15 is 0 Å². The van der Waals surface area contributed by atoms with Crippen LogP contribution in [0.1, 0.15) is 10.4 Å². The van der Waals surface area contributed by atoms with Crippen LogP contribution in [0.25, 0.3) is 10.2 Å². The highest BCUT2D eigenvalue weighted by atomic mass is 32.2. The number of allylic oxidation sites excluding steroid dienone is 1. The molecular formula is C21H21N3O4S2. The van der Waals surface area contributed by atoms with Crippen molar-refractivity contribution in [3.05, 3.63) is 51.6 Å². The molecule has 0 aliphatic carbocycles. The number of hydrogen-bond donors (Lipinski definition) is 1. The van der Waals surface area contributed by atoms with E-state index < -0.39 is 0 Å². The number of anilines is 1. The summed E-state index contributed by atoms with van der Waals surface area (Å²) >= 11 is 2.72. The fourth-order valence-electron chi connectivity index (χ4n) is 3.16. The highest BCUT2D eigenvalue weighted by molar-refractivity contribution is 7.99. The zero-order valence-corrected chi connectivity index (χ0v) is 18.3. The van der Waals surface area contributed by atoms with Crippen LogP contribution in [0.3, 0.4) is 0 Å². The molecule has 1 N–H and O–H groups in total. The predicted octanol–water partition coefficient (Wildman–Crippen LogP) is 3.76. The van der Waals surface area contributed by atoms with Crippen molar-refractivity contribution in [1.82, 2.24) is 9.55 Å². The molecule has 3 aromatic rings. The molecule has 2 aromatic heterocycles. The number of aryl methyl sites for hydroxylation is 2. The molecule has 30 heavy (non-hydrogen) atoms. The van der Waals surface area contributed by atoms with Crippen LogP contribution in [0.2, 0.25) is 0 Å². The molecule has 0 fully saturated rings. The van der Waals surface area contributed by atoms with Crippen LogP contribution in [0, 0.1) is 13.8 Å².